The third-order valence-corrected chi connectivity index (χ3v) is 5.47. The van der Waals surface area contributed by atoms with E-state index < -0.39 is 0 Å². The molecule has 2 aliphatic heterocycles. The molecule has 0 atom stereocenters. The maximum Gasteiger partial charge on any atom is 0.236 e. The average Bonchev–Trinajstić information content (AvgIpc) is 2.55. The molecule has 1 amide bonds. The average molecular weight is 310 g/mol. The monoisotopic (exact) mass is 310 g/mol. The maximum atomic E-state index is 12.5. The van der Waals surface area contributed by atoms with Gasteiger partial charge in [-0.3, -0.25) is 9.69 Å². The Balaban J connectivity index is 1.68. The quantitative estimate of drug-likeness (QED) is 0.794. The highest BCUT2D eigenvalue weighted by Crippen LogP contribution is 2.21. The van der Waals surface area contributed by atoms with Crippen molar-refractivity contribution in [1.82, 2.24) is 20.0 Å². The second-order valence-corrected chi connectivity index (χ2v) is 7.16. The van der Waals surface area contributed by atoms with Crippen LogP contribution in [0.25, 0.3) is 0 Å². The van der Waals surface area contributed by atoms with Crippen molar-refractivity contribution >= 4 is 5.91 Å². The van der Waals surface area contributed by atoms with Crippen molar-refractivity contribution < 1.29 is 4.79 Å². The Morgan fingerprint density at radius 2 is 1.64 bits per heavy atom. The lowest BCUT2D eigenvalue weighted by Crippen LogP contribution is -2.54. The molecule has 5 nitrogen and oxygen atoms in total. The fourth-order valence-corrected chi connectivity index (χ4v) is 3.34. The number of nitrogens with one attached hydrogen (secondary N) is 1. The van der Waals surface area contributed by atoms with Gasteiger partial charge >= 0.3 is 0 Å². The van der Waals surface area contributed by atoms with Crippen LogP contribution in [0.2, 0.25) is 0 Å². The standard InChI is InChI=1S/C17H34N4O/c1-4-5-8-19-11-13-20(14-12-19)15-16(22)21-9-6-17(2,18-3)7-10-21/h18H,4-15H2,1-3H3. The maximum absolute atomic E-state index is 12.5. The Morgan fingerprint density at radius 3 is 2.18 bits per heavy atom. The van der Waals surface area contributed by atoms with E-state index in [9.17, 15) is 4.79 Å². The summed E-state index contributed by atoms with van der Waals surface area (Å²) in [7, 11) is 2.02. The number of amides is 1. The van der Waals surface area contributed by atoms with E-state index in [-0.39, 0.29) is 5.54 Å². The highest BCUT2D eigenvalue weighted by atomic mass is 16.2. The molecule has 0 radical (unpaired) electrons. The molecule has 2 fully saturated rings. The van der Waals surface area contributed by atoms with Gasteiger partial charge in [-0.15, -0.1) is 0 Å². The highest BCUT2D eigenvalue weighted by molar-refractivity contribution is 5.78. The van der Waals surface area contributed by atoms with Crippen molar-refractivity contribution in [2.24, 2.45) is 0 Å². The summed E-state index contributed by atoms with van der Waals surface area (Å²) in [6.07, 6.45) is 4.66. The molecular weight excluding hydrogens is 276 g/mol. The summed E-state index contributed by atoms with van der Waals surface area (Å²) in [5.74, 6) is 0.320. The van der Waals surface area contributed by atoms with Gasteiger partial charge in [0, 0.05) is 44.8 Å². The molecule has 0 aromatic heterocycles. The van der Waals surface area contributed by atoms with Crippen LogP contribution in [0.1, 0.15) is 39.5 Å². The number of carbonyl (C=O) groups excluding carboxylic acids is 1. The molecule has 1 N–H and O–H groups in total. The summed E-state index contributed by atoms with van der Waals surface area (Å²) in [4.78, 5) is 19.4. The second-order valence-electron chi connectivity index (χ2n) is 7.16. The number of likely N-dealkylation sites (tertiary alicyclic amines) is 1. The molecule has 2 rings (SSSR count). The Kier molecular flexibility index (Phi) is 6.66. The molecule has 0 spiro atoms. The largest absolute Gasteiger partial charge is 0.341 e. The predicted octanol–water partition coefficient (Wildman–Crippen LogP) is 1.00. The summed E-state index contributed by atoms with van der Waals surface area (Å²) in [6, 6.07) is 0. The fourth-order valence-electron chi connectivity index (χ4n) is 3.34. The van der Waals surface area contributed by atoms with Gasteiger partial charge in [0.25, 0.3) is 0 Å². The van der Waals surface area contributed by atoms with Gasteiger partial charge in [0.05, 0.1) is 6.54 Å². The van der Waals surface area contributed by atoms with E-state index in [0.29, 0.717) is 12.5 Å². The first-order chi connectivity index (χ1) is 10.6. The smallest absolute Gasteiger partial charge is 0.236 e. The number of rotatable bonds is 6. The third-order valence-electron chi connectivity index (χ3n) is 5.47. The van der Waals surface area contributed by atoms with E-state index in [1.165, 1.54) is 19.4 Å². The molecule has 0 saturated carbocycles. The first kappa shape index (κ1) is 17.7. The minimum atomic E-state index is 0.210. The first-order valence-corrected chi connectivity index (χ1v) is 8.98. The topological polar surface area (TPSA) is 38.8 Å². The van der Waals surface area contributed by atoms with Crippen molar-refractivity contribution in [3.8, 4) is 0 Å². The van der Waals surface area contributed by atoms with E-state index in [0.717, 1.165) is 52.1 Å². The van der Waals surface area contributed by atoms with Crippen molar-refractivity contribution in [3.63, 3.8) is 0 Å². The summed E-state index contributed by atoms with van der Waals surface area (Å²) in [6.45, 7) is 12.4. The number of carbonyl (C=O) groups is 1. The van der Waals surface area contributed by atoms with Crippen LogP contribution in [0.5, 0.6) is 0 Å². The molecule has 5 heteroatoms. The molecule has 2 aliphatic rings. The van der Waals surface area contributed by atoms with Crippen molar-refractivity contribution in [2.45, 2.75) is 45.1 Å². The number of hydrogen-bond donors (Lipinski definition) is 1. The number of unbranched alkanes of at least 4 members (excludes halogenated alkanes) is 1. The summed E-state index contributed by atoms with van der Waals surface area (Å²) < 4.78 is 0. The minimum absolute atomic E-state index is 0.210. The zero-order chi connectivity index (χ0) is 16.0. The fraction of sp³-hybridized carbons (Fsp3) is 0.941. The third kappa shape index (κ3) is 4.93. The van der Waals surface area contributed by atoms with Gasteiger partial charge in [-0.25, -0.2) is 0 Å². The van der Waals surface area contributed by atoms with E-state index in [2.05, 4.69) is 33.9 Å². The molecule has 128 valence electrons. The van der Waals surface area contributed by atoms with E-state index >= 15 is 0 Å². The van der Waals surface area contributed by atoms with Crippen LogP contribution in [-0.4, -0.2) is 85.6 Å². The lowest BCUT2D eigenvalue weighted by molar-refractivity contribution is -0.134. The molecule has 0 aliphatic carbocycles. The van der Waals surface area contributed by atoms with Crippen molar-refractivity contribution in [2.75, 3.05) is 59.4 Å². The summed E-state index contributed by atoms with van der Waals surface area (Å²) in [5.41, 5.74) is 0.210. The number of hydrogen-bond acceptors (Lipinski definition) is 4. The van der Waals surface area contributed by atoms with Gasteiger partial charge in [-0.1, -0.05) is 13.3 Å². The zero-order valence-electron chi connectivity index (χ0n) is 14.7. The van der Waals surface area contributed by atoms with Crippen LogP contribution < -0.4 is 5.32 Å². The van der Waals surface area contributed by atoms with Gasteiger partial charge in [0.2, 0.25) is 5.91 Å². The highest BCUT2D eigenvalue weighted by Gasteiger charge is 2.31. The molecule has 0 bridgehead atoms. The number of piperazine rings is 1. The summed E-state index contributed by atoms with van der Waals surface area (Å²) >= 11 is 0. The Bertz CT molecular complexity index is 345. The van der Waals surface area contributed by atoms with E-state index in [1.807, 2.05) is 7.05 Å². The normalized spacial score (nSPS) is 23.7. The SMILES string of the molecule is CCCCN1CCN(CC(=O)N2CCC(C)(NC)CC2)CC1. The molecule has 2 heterocycles. The van der Waals surface area contributed by atoms with E-state index in [1.54, 1.807) is 0 Å². The van der Waals surface area contributed by atoms with Gasteiger partial charge in [-0.2, -0.15) is 0 Å². The Morgan fingerprint density at radius 1 is 1.05 bits per heavy atom. The molecule has 2 saturated heterocycles. The van der Waals surface area contributed by atoms with Crippen LogP contribution >= 0.6 is 0 Å². The van der Waals surface area contributed by atoms with Crippen LogP contribution in [0.3, 0.4) is 0 Å². The second kappa shape index (κ2) is 8.27. The predicted molar refractivity (Wildman–Crippen MR) is 91.1 cm³/mol. The lowest BCUT2D eigenvalue weighted by atomic mass is 9.90. The van der Waals surface area contributed by atoms with Crippen molar-refractivity contribution in [3.05, 3.63) is 0 Å². The molecular formula is C17H34N4O. The van der Waals surface area contributed by atoms with Crippen LogP contribution in [-0.2, 0) is 4.79 Å². The number of nitrogens with zero attached hydrogens (tertiary/aromatic N) is 3. The van der Waals surface area contributed by atoms with Crippen molar-refractivity contribution in [1.29, 1.82) is 0 Å². The summed E-state index contributed by atoms with van der Waals surface area (Å²) in [5, 5.41) is 3.39. The zero-order valence-corrected chi connectivity index (χ0v) is 14.7. The lowest BCUT2D eigenvalue weighted by Gasteiger charge is -2.40. The van der Waals surface area contributed by atoms with Crippen LogP contribution in [0.15, 0.2) is 0 Å². The Labute approximate surface area is 136 Å². The van der Waals surface area contributed by atoms with Gasteiger partial charge in [-0.05, 0) is 39.8 Å². The number of piperidine rings is 1. The Hall–Kier alpha value is -0.650. The van der Waals surface area contributed by atoms with Gasteiger partial charge in [0.1, 0.15) is 0 Å². The van der Waals surface area contributed by atoms with Gasteiger partial charge in [0.15, 0.2) is 0 Å². The van der Waals surface area contributed by atoms with E-state index in [4.69, 9.17) is 0 Å². The molecule has 0 unspecified atom stereocenters. The molecule has 0 aromatic rings. The first-order valence-electron chi connectivity index (χ1n) is 8.98. The van der Waals surface area contributed by atoms with Crippen LogP contribution in [0.4, 0.5) is 0 Å². The van der Waals surface area contributed by atoms with Crippen LogP contribution in [0, 0.1) is 0 Å². The molecule has 0 aromatic carbocycles. The minimum Gasteiger partial charge on any atom is -0.341 e. The molecule has 22 heavy (non-hydrogen) atoms. The van der Waals surface area contributed by atoms with Gasteiger partial charge < -0.3 is 15.1 Å².